The van der Waals surface area contributed by atoms with E-state index in [0.29, 0.717) is 10.7 Å². The molecular formula is C27H19ClF4N4O4. The summed E-state index contributed by atoms with van der Waals surface area (Å²) in [6.45, 7) is 0. The number of rotatable bonds is 5. The molecule has 1 aromatic heterocycles. The number of alkyl halides is 3. The predicted octanol–water partition coefficient (Wildman–Crippen LogP) is 5.72. The van der Waals surface area contributed by atoms with Gasteiger partial charge in [0.15, 0.2) is 0 Å². The predicted molar refractivity (Wildman–Crippen MR) is 139 cm³/mol. The van der Waals surface area contributed by atoms with Crippen molar-refractivity contribution in [1.29, 1.82) is 0 Å². The van der Waals surface area contributed by atoms with E-state index in [1.807, 2.05) is 0 Å². The Bertz CT molecular complexity index is 1700. The number of nitrogens with zero attached hydrogens (tertiary/aromatic N) is 4. The third-order valence-electron chi connectivity index (χ3n) is 5.70. The average molecular weight is 575 g/mol. The van der Waals surface area contributed by atoms with E-state index in [2.05, 4.69) is 14.8 Å². The number of amides is 1. The molecule has 0 aliphatic rings. The van der Waals surface area contributed by atoms with Crippen LogP contribution in [0.1, 0.15) is 36.6 Å². The first kappa shape index (κ1) is 28.4. The first-order chi connectivity index (χ1) is 18.8. The summed E-state index contributed by atoms with van der Waals surface area (Å²) < 4.78 is 61.8. The Balaban J connectivity index is 1.98. The number of hydrogen-bond acceptors (Lipinski definition) is 5. The lowest BCUT2D eigenvalue weighted by molar-refractivity contribution is -0.137. The van der Waals surface area contributed by atoms with Crippen LogP contribution in [0.2, 0.25) is 5.02 Å². The molecule has 8 nitrogen and oxygen atoms in total. The Morgan fingerprint density at radius 2 is 1.75 bits per heavy atom. The molecule has 206 valence electrons. The fourth-order valence-electron chi connectivity index (χ4n) is 3.88. The number of carbonyl (C=O) groups is 3. The van der Waals surface area contributed by atoms with Crippen LogP contribution in [-0.2, 0) is 10.9 Å². The van der Waals surface area contributed by atoms with Crippen LogP contribution in [0.5, 0.6) is 0 Å². The summed E-state index contributed by atoms with van der Waals surface area (Å²) in [7, 11) is 4.41. The number of hydrogen-bond donors (Lipinski definition) is 0. The van der Waals surface area contributed by atoms with Gasteiger partial charge in [-0.2, -0.15) is 27.9 Å². The molecular weight excluding hydrogens is 556 g/mol. The Kier molecular flexibility index (Phi) is 7.74. The molecule has 0 N–H and O–H groups in total. The normalized spacial score (nSPS) is 11.7. The van der Waals surface area contributed by atoms with Crippen molar-refractivity contribution in [2.24, 2.45) is 4.99 Å². The van der Waals surface area contributed by atoms with Gasteiger partial charge in [0.25, 0.3) is 11.8 Å². The molecule has 13 heteroatoms. The van der Waals surface area contributed by atoms with Crippen LogP contribution in [-0.4, -0.2) is 60.0 Å². The van der Waals surface area contributed by atoms with E-state index in [1.165, 1.54) is 41.6 Å². The maximum atomic E-state index is 15.2. The van der Waals surface area contributed by atoms with E-state index < -0.39 is 45.9 Å². The highest BCUT2D eigenvalue weighted by atomic mass is 35.5. The van der Waals surface area contributed by atoms with Crippen molar-refractivity contribution in [2.45, 2.75) is 6.18 Å². The van der Waals surface area contributed by atoms with Gasteiger partial charge in [0.1, 0.15) is 11.5 Å². The minimum absolute atomic E-state index is 0.0113. The van der Waals surface area contributed by atoms with Gasteiger partial charge in [-0.25, -0.2) is 9.18 Å². The van der Waals surface area contributed by atoms with Crippen molar-refractivity contribution in [3.05, 3.63) is 87.7 Å². The molecule has 4 rings (SSSR count). The van der Waals surface area contributed by atoms with Crippen LogP contribution in [0.15, 0.2) is 59.6 Å². The van der Waals surface area contributed by atoms with Gasteiger partial charge in [-0.15, -0.1) is 0 Å². The van der Waals surface area contributed by atoms with E-state index in [-0.39, 0.29) is 33.3 Å². The Morgan fingerprint density at radius 3 is 2.38 bits per heavy atom. The van der Waals surface area contributed by atoms with Gasteiger partial charge in [-0.1, -0.05) is 17.7 Å². The van der Waals surface area contributed by atoms with E-state index in [9.17, 15) is 27.6 Å². The molecule has 4 aromatic rings. The summed E-state index contributed by atoms with van der Waals surface area (Å²) in [6.07, 6.45) is -3.68. The van der Waals surface area contributed by atoms with E-state index in [4.69, 9.17) is 11.6 Å². The van der Waals surface area contributed by atoms with E-state index >= 15 is 4.39 Å². The topological polar surface area (TPSA) is 93.9 Å². The quantitative estimate of drug-likeness (QED) is 0.131. The van der Waals surface area contributed by atoms with Crippen LogP contribution >= 0.6 is 11.6 Å². The first-order valence-corrected chi connectivity index (χ1v) is 11.8. The van der Waals surface area contributed by atoms with Gasteiger partial charge < -0.3 is 9.64 Å². The molecule has 0 radical (unpaired) electrons. The Hall–Kier alpha value is -4.58. The molecule has 1 amide bonds. The van der Waals surface area contributed by atoms with Crippen LogP contribution < -0.4 is 0 Å². The summed E-state index contributed by atoms with van der Waals surface area (Å²) in [4.78, 5) is 43.3. The first-order valence-electron chi connectivity index (χ1n) is 11.4. The summed E-state index contributed by atoms with van der Waals surface area (Å²) in [5.41, 5.74) is -2.68. The fraction of sp³-hybridized carbons (Fsp3) is 0.148. The Morgan fingerprint density at radius 1 is 1.05 bits per heavy atom. The monoisotopic (exact) mass is 574 g/mol. The fourth-order valence-corrected chi connectivity index (χ4v) is 4.14. The second-order valence-corrected chi connectivity index (χ2v) is 9.06. The second-order valence-electron chi connectivity index (χ2n) is 8.66. The molecule has 0 bridgehead atoms. The zero-order valence-electron chi connectivity index (χ0n) is 21.1. The highest BCUT2D eigenvalue weighted by Crippen LogP contribution is 2.37. The number of fused-ring (bicyclic) bond motifs is 1. The maximum absolute atomic E-state index is 15.2. The molecule has 40 heavy (non-hydrogen) atoms. The number of methoxy groups -OCH3 is 1. The van der Waals surface area contributed by atoms with Crippen LogP contribution in [0.25, 0.3) is 22.2 Å². The summed E-state index contributed by atoms with van der Waals surface area (Å²) in [5.74, 6) is -3.68. The van der Waals surface area contributed by atoms with E-state index in [0.717, 1.165) is 25.3 Å². The van der Waals surface area contributed by atoms with Crippen molar-refractivity contribution in [3.8, 4) is 11.3 Å². The number of ether oxygens (including phenoxy) is 1. The van der Waals surface area contributed by atoms with Crippen molar-refractivity contribution in [1.82, 2.24) is 14.7 Å². The number of aromatic nitrogens is 2. The third-order valence-corrected chi connectivity index (χ3v) is 6.02. The van der Waals surface area contributed by atoms with Gasteiger partial charge in [-0.05, 0) is 48.5 Å². The molecule has 0 spiro atoms. The zero-order chi connectivity index (χ0) is 29.4. The molecule has 0 fully saturated rings. The highest BCUT2D eigenvalue weighted by Gasteiger charge is 2.37. The molecule has 3 aromatic carbocycles. The molecule has 0 aliphatic carbocycles. The van der Waals surface area contributed by atoms with Crippen molar-refractivity contribution < 1.29 is 36.7 Å². The highest BCUT2D eigenvalue weighted by molar-refractivity contribution is 6.34. The molecule has 0 saturated heterocycles. The number of benzene rings is 3. The second kappa shape index (κ2) is 10.9. The lowest BCUT2D eigenvalue weighted by Gasteiger charge is -2.13. The third kappa shape index (κ3) is 5.43. The van der Waals surface area contributed by atoms with Crippen LogP contribution in [0.4, 0.5) is 17.6 Å². The standard InChI is InChI=1S/C27H19ClF4N4O4/c1-35(2)13-33-24(37)14-7-10-17-21(12-14)36(25(38)22-18(27(30,31)32)5-4-6-19(22)28)34-23(17)16-9-8-15(11-20(16)29)26(39)40-3/h4-13H,1-3H3. The van der Waals surface area contributed by atoms with Crippen molar-refractivity contribution >= 4 is 46.6 Å². The molecule has 0 saturated carbocycles. The average Bonchev–Trinajstić information content (AvgIpc) is 3.28. The van der Waals surface area contributed by atoms with Gasteiger partial charge in [0.05, 0.1) is 40.7 Å². The minimum atomic E-state index is -4.93. The number of esters is 1. The Labute approximate surface area is 229 Å². The summed E-state index contributed by atoms with van der Waals surface area (Å²) >= 11 is 6.05. The van der Waals surface area contributed by atoms with Crippen molar-refractivity contribution in [3.63, 3.8) is 0 Å². The number of halogens is 5. The van der Waals surface area contributed by atoms with Gasteiger partial charge >= 0.3 is 12.1 Å². The molecule has 0 unspecified atom stereocenters. The van der Waals surface area contributed by atoms with Crippen LogP contribution in [0, 0.1) is 5.82 Å². The summed E-state index contributed by atoms with van der Waals surface area (Å²) in [5, 5.41) is 3.80. The van der Waals surface area contributed by atoms with Gasteiger partial charge in [0, 0.05) is 30.6 Å². The lowest BCUT2D eigenvalue weighted by Crippen LogP contribution is -2.20. The van der Waals surface area contributed by atoms with E-state index in [1.54, 1.807) is 14.1 Å². The molecule has 1 heterocycles. The lowest BCUT2D eigenvalue weighted by atomic mass is 10.0. The SMILES string of the molecule is COC(=O)c1ccc(-c2nn(C(=O)c3c(Cl)cccc3C(F)(F)F)c3cc(C(=O)N=CN(C)C)ccc23)c(F)c1. The molecule has 0 atom stereocenters. The summed E-state index contributed by atoms with van der Waals surface area (Å²) in [6, 6.07) is 10.2. The number of aliphatic imine (C=N–C) groups is 1. The molecule has 0 aliphatic heterocycles. The van der Waals surface area contributed by atoms with Crippen LogP contribution in [0.3, 0.4) is 0 Å². The largest absolute Gasteiger partial charge is 0.465 e. The maximum Gasteiger partial charge on any atom is 0.417 e. The smallest absolute Gasteiger partial charge is 0.417 e. The zero-order valence-corrected chi connectivity index (χ0v) is 21.8. The van der Waals surface area contributed by atoms with Gasteiger partial charge in [-0.3, -0.25) is 9.59 Å². The number of carbonyl (C=O) groups excluding carboxylic acids is 3. The van der Waals surface area contributed by atoms with Crippen molar-refractivity contribution in [2.75, 3.05) is 21.2 Å². The van der Waals surface area contributed by atoms with Gasteiger partial charge in [0.2, 0.25) is 0 Å². The minimum Gasteiger partial charge on any atom is -0.465 e.